The fourth-order valence-corrected chi connectivity index (χ4v) is 3.11. The third-order valence-corrected chi connectivity index (χ3v) is 4.47. The van der Waals surface area contributed by atoms with Crippen LogP contribution in [0.3, 0.4) is 0 Å². The number of benzene rings is 2. The van der Waals surface area contributed by atoms with Crippen molar-refractivity contribution in [1.82, 2.24) is 10.6 Å². The molecule has 6 nitrogen and oxygen atoms in total. The number of nitrogens with one attached hydrogen (secondary N) is 2. The van der Waals surface area contributed by atoms with Crippen LogP contribution in [0.4, 0.5) is 4.79 Å². The lowest BCUT2D eigenvalue weighted by molar-refractivity contribution is 0.138. The Kier molecular flexibility index (Phi) is 5.96. The molecule has 0 saturated heterocycles. The fraction of sp³-hybridized carbons (Fsp3) is 0.350. The van der Waals surface area contributed by atoms with Gasteiger partial charge in [-0.3, -0.25) is 0 Å². The minimum absolute atomic E-state index is 0.00262. The maximum absolute atomic E-state index is 12.0. The van der Waals surface area contributed by atoms with E-state index in [4.69, 9.17) is 14.2 Å². The summed E-state index contributed by atoms with van der Waals surface area (Å²) >= 11 is 0. The van der Waals surface area contributed by atoms with Crippen molar-refractivity contribution in [3.8, 4) is 11.5 Å². The molecule has 26 heavy (non-hydrogen) atoms. The lowest BCUT2D eigenvalue weighted by Crippen LogP contribution is -2.39. The van der Waals surface area contributed by atoms with E-state index in [1.165, 1.54) is 5.56 Å². The fourth-order valence-electron chi connectivity index (χ4n) is 3.11. The standard InChI is InChI=1S/C20H24N2O4/c1-24-18-10-15-8-9-21-17(16(15)11-19(18)25-2)12-22-20(23)26-13-14-6-4-3-5-7-14/h3-7,10-11,17,21H,8-9,12-13H2,1-2H3,(H,22,23). The number of hydrogen-bond donors (Lipinski definition) is 2. The SMILES string of the molecule is COc1cc2c(cc1OC)C(CNC(=O)OCc1ccccc1)NCC2. The molecule has 0 bridgehead atoms. The van der Waals surface area contributed by atoms with Crippen LogP contribution in [-0.2, 0) is 17.8 Å². The molecule has 2 aromatic carbocycles. The summed E-state index contributed by atoms with van der Waals surface area (Å²) in [5.74, 6) is 1.41. The van der Waals surface area contributed by atoms with Gasteiger partial charge in [-0.2, -0.15) is 0 Å². The lowest BCUT2D eigenvalue weighted by Gasteiger charge is -2.28. The highest BCUT2D eigenvalue weighted by Gasteiger charge is 2.23. The second-order valence-corrected chi connectivity index (χ2v) is 6.11. The van der Waals surface area contributed by atoms with Crippen LogP contribution < -0.4 is 20.1 Å². The molecular formula is C20H24N2O4. The molecule has 6 heteroatoms. The minimum atomic E-state index is -0.428. The molecule has 0 fully saturated rings. The molecule has 0 radical (unpaired) electrons. The summed E-state index contributed by atoms with van der Waals surface area (Å²) < 4.78 is 16.0. The zero-order valence-corrected chi connectivity index (χ0v) is 15.1. The second kappa shape index (κ2) is 8.58. The summed E-state index contributed by atoms with van der Waals surface area (Å²) in [6.45, 7) is 1.54. The van der Waals surface area contributed by atoms with Gasteiger partial charge in [-0.25, -0.2) is 4.79 Å². The first kappa shape index (κ1) is 18.1. The Bertz CT molecular complexity index is 749. The summed E-state index contributed by atoms with van der Waals surface area (Å²) in [5, 5.41) is 6.26. The van der Waals surface area contributed by atoms with Crippen LogP contribution in [0.25, 0.3) is 0 Å². The van der Waals surface area contributed by atoms with Crippen molar-refractivity contribution >= 4 is 6.09 Å². The molecule has 138 valence electrons. The summed E-state index contributed by atoms with van der Waals surface area (Å²) in [4.78, 5) is 12.0. The van der Waals surface area contributed by atoms with Gasteiger partial charge in [-0.15, -0.1) is 0 Å². The first-order chi connectivity index (χ1) is 12.7. The Morgan fingerprint density at radius 1 is 1.15 bits per heavy atom. The summed E-state index contributed by atoms with van der Waals surface area (Å²) in [5.41, 5.74) is 3.27. The van der Waals surface area contributed by atoms with Crippen LogP contribution in [0.15, 0.2) is 42.5 Å². The zero-order valence-electron chi connectivity index (χ0n) is 15.1. The van der Waals surface area contributed by atoms with E-state index in [1.807, 2.05) is 42.5 Å². The summed E-state index contributed by atoms with van der Waals surface area (Å²) in [6, 6.07) is 13.6. The molecule has 2 N–H and O–H groups in total. The van der Waals surface area contributed by atoms with Gasteiger partial charge in [0.05, 0.1) is 20.3 Å². The molecular weight excluding hydrogens is 332 g/mol. The number of carbonyl (C=O) groups is 1. The molecule has 0 spiro atoms. The highest BCUT2D eigenvalue weighted by molar-refractivity contribution is 5.67. The molecule has 2 aromatic rings. The number of carbonyl (C=O) groups excluding carboxylic acids is 1. The summed E-state index contributed by atoms with van der Waals surface area (Å²) in [6.07, 6.45) is 0.480. The van der Waals surface area contributed by atoms with Crippen molar-refractivity contribution in [1.29, 1.82) is 0 Å². The van der Waals surface area contributed by atoms with Crippen LogP contribution >= 0.6 is 0 Å². The predicted octanol–water partition coefficient (Wildman–Crippen LogP) is 2.82. The average molecular weight is 356 g/mol. The molecule has 1 aliphatic rings. The minimum Gasteiger partial charge on any atom is -0.493 e. The first-order valence-electron chi connectivity index (χ1n) is 8.64. The number of fused-ring (bicyclic) bond motifs is 1. The third-order valence-electron chi connectivity index (χ3n) is 4.47. The molecule has 1 unspecified atom stereocenters. The number of rotatable bonds is 6. The van der Waals surface area contributed by atoms with Gasteiger partial charge in [0.1, 0.15) is 6.61 Å². The Balaban J connectivity index is 1.60. The van der Waals surface area contributed by atoms with Crippen molar-refractivity contribution < 1.29 is 19.0 Å². The highest BCUT2D eigenvalue weighted by Crippen LogP contribution is 2.34. The molecule has 1 heterocycles. The maximum atomic E-state index is 12.0. The van der Waals surface area contributed by atoms with Gasteiger partial charge < -0.3 is 24.8 Å². The van der Waals surface area contributed by atoms with Gasteiger partial charge in [0.2, 0.25) is 0 Å². The molecule has 1 atom stereocenters. The van der Waals surface area contributed by atoms with E-state index in [2.05, 4.69) is 10.6 Å². The molecule has 1 aliphatic heterocycles. The topological polar surface area (TPSA) is 68.8 Å². The Hall–Kier alpha value is -2.73. The molecule has 0 saturated carbocycles. The van der Waals surface area contributed by atoms with E-state index in [0.29, 0.717) is 12.3 Å². The highest BCUT2D eigenvalue weighted by atomic mass is 16.5. The second-order valence-electron chi connectivity index (χ2n) is 6.11. The molecule has 3 rings (SSSR count). The van der Waals surface area contributed by atoms with E-state index < -0.39 is 6.09 Å². The van der Waals surface area contributed by atoms with E-state index in [0.717, 1.165) is 29.8 Å². The van der Waals surface area contributed by atoms with E-state index >= 15 is 0 Å². The van der Waals surface area contributed by atoms with Gasteiger partial charge in [-0.1, -0.05) is 30.3 Å². The number of amides is 1. The van der Waals surface area contributed by atoms with Gasteiger partial charge >= 0.3 is 6.09 Å². The van der Waals surface area contributed by atoms with Crippen LogP contribution in [0.2, 0.25) is 0 Å². The van der Waals surface area contributed by atoms with Crippen molar-refractivity contribution in [3.63, 3.8) is 0 Å². The van der Waals surface area contributed by atoms with Crippen molar-refractivity contribution in [2.75, 3.05) is 27.3 Å². The third kappa shape index (κ3) is 4.26. The van der Waals surface area contributed by atoms with Crippen LogP contribution in [0.1, 0.15) is 22.7 Å². The van der Waals surface area contributed by atoms with Crippen molar-refractivity contribution in [2.24, 2.45) is 0 Å². The number of methoxy groups -OCH3 is 2. The van der Waals surface area contributed by atoms with Crippen LogP contribution in [-0.4, -0.2) is 33.4 Å². The smallest absolute Gasteiger partial charge is 0.407 e. The van der Waals surface area contributed by atoms with Gasteiger partial charge in [0, 0.05) is 6.54 Å². The quantitative estimate of drug-likeness (QED) is 0.833. The summed E-state index contributed by atoms with van der Waals surface area (Å²) in [7, 11) is 3.25. The molecule has 0 aromatic heterocycles. The predicted molar refractivity (Wildman–Crippen MR) is 98.6 cm³/mol. The Morgan fingerprint density at radius 2 is 1.88 bits per heavy atom. The number of alkyl carbamates (subject to hydrolysis) is 1. The zero-order chi connectivity index (χ0) is 18.4. The van der Waals surface area contributed by atoms with E-state index in [-0.39, 0.29) is 12.6 Å². The van der Waals surface area contributed by atoms with Gasteiger partial charge in [0.25, 0.3) is 0 Å². The van der Waals surface area contributed by atoms with Gasteiger partial charge in [0.15, 0.2) is 11.5 Å². The van der Waals surface area contributed by atoms with E-state index in [1.54, 1.807) is 14.2 Å². The van der Waals surface area contributed by atoms with Crippen LogP contribution in [0.5, 0.6) is 11.5 Å². The molecule has 0 aliphatic carbocycles. The Morgan fingerprint density at radius 3 is 2.62 bits per heavy atom. The van der Waals surface area contributed by atoms with Gasteiger partial charge in [-0.05, 0) is 41.8 Å². The van der Waals surface area contributed by atoms with E-state index in [9.17, 15) is 4.79 Å². The number of ether oxygens (including phenoxy) is 3. The normalized spacial score (nSPS) is 15.7. The first-order valence-corrected chi connectivity index (χ1v) is 8.64. The molecule has 1 amide bonds. The lowest BCUT2D eigenvalue weighted by atomic mass is 9.93. The average Bonchev–Trinajstić information content (AvgIpc) is 2.70. The van der Waals surface area contributed by atoms with Crippen molar-refractivity contribution in [2.45, 2.75) is 19.1 Å². The van der Waals surface area contributed by atoms with Crippen LogP contribution in [0, 0.1) is 0 Å². The Labute approximate surface area is 153 Å². The van der Waals surface area contributed by atoms with Crippen molar-refractivity contribution in [3.05, 3.63) is 59.2 Å². The number of hydrogen-bond acceptors (Lipinski definition) is 5. The maximum Gasteiger partial charge on any atom is 0.407 e. The monoisotopic (exact) mass is 356 g/mol. The largest absolute Gasteiger partial charge is 0.493 e.